The lowest BCUT2D eigenvalue weighted by Gasteiger charge is -2.15. The Morgan fingerprint density at radius 2 is 0.812 bits per heavy atom. The van der Waals surface area contributed by atoms with Gasteiger partial charge in [0.1, 0.15) is 0 Å². The molecule has 0 saturated heterocycles. The zero-order valence-corrected chi connectivity index (χ0v) is 34.7. The summed E-state index contributed by atoms with van der Waals surface area (Å²) in [6.07, 6.45) is 0. The minimum atomic E-state index is 0.642. The van der Waals surface area contributed by atoms with Gasteiger partial charge in [-0.1, -0.05) is 188 Å². The van der Waals surface area contributed by atoms with Crippen molar-refractivity contribution in [1.29, 1.82) is 0 Å². The summed E-state index contributed by atoms with van der Waals surface area (Å²) in [5, 5.41) is 8.17. The Labute approximate surface area is 369 Å². The van der Waals surface area contributed by atoms with Gasteiger partial charge in [-0.25, -0.2) is 9.97 Å². The molecule has 0 N–H and O–H groups in total. The molecule has 10 aromatic carbocycles. The number of fused-ring (bicyclic) bond motifs is 10. The van der Waals surface area contributed by atoms with E-state index in [0.717, 1.165) is 49.8 Å². The van der Waals surface area contributed by atoms with Crippen molar-refractivity contribution in [2.24, 2.45) is 0 Å². The highest BCUT2D eigenvalue weighted by molar-refractivity contribution is 6.31. The Morgan fingerprint density at radius 3 is 1.50 bits per heavy atom. The molecule has 0 radical (unpaired) electrons. The van der Waals surface area contributed by atoms with Gasteiger partial charge in [-0.3, -0.25) is 4.57 Å². The van der Waals surface area contributed by atoms with Crippen LogP contribution in [0.1, 0.15) is 0 Å². The molecule has 298 valence electrons. The SMILES string of the molecule is c1ccc(-c2ccc(-c3nc(-n4c5ccccc5c5c6c7ccc8ccccc8c7n(-c7cc(-c8ccccc8)cc(-c8ccccc8)c7)c6ccc54)nc4ccccc34)cc2)cc1. The molecule has 4 nitrogen and oxygen atoms in total. The Balaban J connectivity index is 1.10. The van der Waals surface area contributed by atoms with Crippen molar-refractivity contribution < 1.29 is 0 Å². The lowest BCUT2D eigenvalue weighted by molar-refractivity contribution is 1.01. The third-order valence-electron chi connectivity index (χ3n) is 12.9. The van der Waals surface area contributed by atoms with Crippen LogP contribution in [0.2, 0.25) is 0 Å². The lowest BCUT2D eigenvalue weighted by Crippen LogP contribution is -2.03. The standard InChI is InChI=1S/C60H38N4/c1-4-16-39(17-5-1)42-28-30-44(31-29-42)58-49-24-12-14-26-52(49)61-60(62-58)64-53-27-15-13-25-50(53)56-55(64)35-34-54-57(56)51-33-32-43-22-10-11-23-48(43)59(51)63(54)47-37-45(40-18-6-2-7-19-40)36-46(38-47)41-20-8-3-9-21-41/h1-38H. The summed E-state index contributed by atoms with van der Waals surface area (Å²) in [6.45, 7) is 0. The van der Waals surface area contributed by atoms with Gasteiger partial charge in [-0.05, 0) is 81.2 Å². The number of benzene rings is 10. The van der Waals surface area contributed by atoms with Gasteiger partial charge in [0, 0.05) is 43.6 Å². The second kappa shape index (κ2) is 14.5. The monoisotopic (exact) mass is 814 g/mol. The normalized spacial score (nSPS) is 11.8. The molecule has 0 aliphatic carbocycles. The van der Waals surface area contributed by atoms with Gasteiger partial charge in [0.15, 0.2) is 0 Å². The van der Waals surface area contributed by atoms with E-state index in [1.165, 1.54) is 65.8 Å². The molecule has 3 aromatic heterocycles. The summed E-state index contributed by atoms with van der Waals surface area (Å²) < 4.78 is 4.77. The molecule has 0 aliphatic rings. The van der Waals surface area contributed by atoms with Crippen LogP contribution < -0.4 is 0 Å². The maximum absolute atomic E-state index is 5.48. The highest BCUT2D eigenvalue weighted by atomic mass is 15.2. The summed E-state index contributed by atoms with van der Waals surface area (Å²) in [5.41, 5.74) is 15.5. The van der Waals surface area contributed by atoms with Crippen LogP contribution in [0.4, 0.5) is 0 Å². The minimum Gasteiger partial charge on any atom is -0.309 e. The molecule has 0 fully saturated rings. The molecule has 4 heteroatoms. The molecule has 0 saturated carbocycles. The fourth-order valence-corrected chi connectivity index (χ4v) is 9.98. The Hall–Kier alpha value is -8.60. The largest absolute Gasteiger partial charge is 0.309 e. The molecule has 3 heterocycles. The van der Waals surface area contributed by atoms with E-state index in [-0.39, 0.29) is 0 Å². The second-order valence-electron chi connectivity index (χ2n) is 16.6. The van der Waals surface area contributed by atoms with Crippen LogP contribution in [-0.2, 0) is 0 Å². The first-order valence-electron chi connectivity index (χ1n) is 21.8. The van der Waals surface area contributed by atoms with Crippen molar-refractivity contribution in [2.75, 3.05) is 0 Å². The van der Waals surface area contributed by atoms with E-state index in [9.17, 15) is 0 Å². The molecular formula is C60H38N4. The molecule has 0 aliphatic heterocycles. The van der Waals surface area contributed by atoms with Gasteiger partial charge in [-0.2, -0.15) is 0 Å². The van der Waals surface area contributed by atoms with Crippen LogP contribution >= 0.6 is 0 Å². The molecule has 13 rings (SSSR count). The van der Waals surface area contributed by atoms with Gasteiger partial charge < -0.3 is 4.57 Å². The molecule has 13 aromatic rings. The van der Waals surface area contributed by atoms with Crippen LogP contribution in [0, 0.1) is 0 Å². The predicted molar refractivity (Wildman–Crippen MR) is 267 cm³/mol. The highest BCUT2D eigenvalue weighted by Crippen LogP contribution is 2.45. The number of para-hydroxylation sites is 2. The summed E-state index contributed by atoms with van der Waals surface area (Å²) in [4.78, 5) is 10.8. The van der Waals surface area contributed by atoms with Crippen molar-refractivity contribution in [2.45, 2.75) is 0 Å². The molecule has 0 amide bonds. The summed E-state index contributed by atoms with van der Waals surface area (Å²) in [7, 11) is 0. The van der Waals surface area contributed by atoms with Crippen LogP contribution in [0.3, 0.4) is 0 Å². The van der Waals surface area contributed by atoms with E-state index in [1.807, 2.05) is 0 Å². The fourth-order valence-electron chi connectivity index (χ4n) is 9.98. The molecule has 0 unspecified atom stereocenters. The third-order valence-corrected chi connectivity index (χ3v) is 12.9. The predicted octanol–water partition coefficient (Wildman–Crippen LogP) is 15.6. The first kappa shape index (κ1) is 36.1. The van der Waals surface area contributed by atoms with E-state index in [2.05, 4.69) is 240 Å². The summed E-state index contributed by atoms with van der Waals surface area (Å²) >= 11 is 0. The molecular weight excluding hydrogens is 777 g/mol. The van der Waals surface area contributed by atoms with Gasteiger partial charge in [0.25, 0.3) is 0 Å². The van der Waals surface area contributed by atoms with Crippen molar-refractivity contribution in [1.82, 2.24) is 19.1 Å². The smallest absolute Gasteiger partial charge is 0.235 e. The van der Waals surface area contributed by atoms with E-state index in [1.54, 1.807) is 0 Å². The lowest BCUT2D eigenvalue weighted by atomic mass is 9.98. The van der Waals surface area contributed by atoms with E-state index in [0.29, 0.717) is 5.95 Å². The number of hydrogen-bond acceptors (Lipinski definition) is 2. The van der Waals surface area contributed by atoms with E-state index in [4.69, 9.17) is 9.97 Å². The van der Waals surface area contributed by atoms with Crippen molar-refractivity contribution in [3.8, 4) is 56.3 Å². The van der Waals surface area contributed by atoms with Crippen LogP contribution in [-0.4, -0.2) is 19.1 Å². The molecule has 0 spiro atoms. The average molecular weight is 815 g/mol. The fraction of sp³-hybridized carbons (Fsp3) is 0. The minimum absolute atomic E-state index is 0.642. The van der Waals surface area contributed by atoms with E-state index >= 15 is 0 Å². The maximum Gasteiger partial charge on any atom is 0.235 e. The average Bonchev–Trinajstić information content (AvgIpc) is 3.90. The van der Waals surface area contributed by atoms with Gasteiger partial charge in [0.05, 0.1) is 33.3 Å². The molecule has 0 bridgehead atoms. The van der Waals surface area contributed by atoms with Crippen molar-refractivity contribution in [3.05, 3.63) is 231 Å². The molecule has 64 heavy (non-hydrogen) atoms. The Kier molecular flexibility index (Phi) is 8.18. The Bertz CT molecular complexity index is 3860. The summed E-state index contributed by atoms with van der Waals surface area (Å²) in [5.74, 6) is 0.642. The number of aromatic nitrogens is 4. The van der Waals surface area contributed by atoms with Gasteiger partial charge in [-0.15, -0.1) is 0 Å². The first-order chi connectivity index (χ1) is 31.7. The van der Waals surface area contributed by atoms with E-state index < -0.39 is 0 Å². The zero-order chi connectivity index (χ0) is 42.1. The zero-order valence-electron chi connectivity index (χ0n) is 34.7. The number of rotatable bonds is 6. The van der Waals surface area contributed by atoms with Crippen molar-refractivity contribution in [3.63, 3.8) is 0 Å². The second-order valence-corrected chi connectivity index (χ2v) is 16.6. The number of nitrogens with zero attached hydrogens (tertiary/aromatic N) is 4. The van der Waals surface area contributed by atoms with Crippen LogP contribution in [0.25, 0.3) is 122 Å². The van der Waals surface area contributed by atoms with Gasteiger partial charge in [0.2, 0.25) is 5.95 Å². The quantitative estimate of drug-likeness (QED) is 0.168. The van der Waals surface area contributed by atoms with Crippen molar-refractivity contribution >= 4 is 65.3 Å². The first-order valence-corrected chi connectivity index (χ1v) is 21.8. The maximum atomic E-state index is 5.48. The highest BCUT2D eigenvalue weighted by Gasteiger charge is 2.24. The number of hydrogen-bond donors (Lipinski definition) is 0. The Morgan fingerprint density at radius 1 is 0.297 bits per heavy atom. The summed E-state index contributed by atoms with van der Waals surface area (Å²) in [6, 6.07) is 82.8. The molecule has 0 atom stereocenters. The van der Waals surface area contributed by atoms with Crippen LogP contribution in [0.5, 0.6) is 0 Å². The third kappa shape index (κ3) is 5.70. The van der Waals surface area contributed by atoms with Crippen LogP contribution in [0.15, 0.2) is 231 Å². The topological polar surface area (TPSA) is 35.6 Å². The van der Waals surface area contributed by atoms with Gasteiger partial charge >= 0.3 is 0 Å².